The molecule has 0 aromatic heterocycles. The molecule has 1 aliphatic heterocycles. The first-order valence-corrected chi connectivity index (χ1v) is 10.4. The van der Waals surface area contributed by atoms with Crippen LogP contribution in [0.3, 0.4) is 0 Å². The Balaban J connectivity index is 1.73. The van der Waals surface area contributed by atoms with Crippen molar-refractivity contribution >= 4 is 23.2 Å². The Labute approximate surface area is 171 Å². The third kappa shape index (κ3) is 5.05. The molecule has 158 valence electrons. The standard InChI is InChI=1S/C21H30N4O4/c1-23(2)19-11-10-17(25(28)29)13-18(19)21(27)24-12-6-7-15(14-24)20(26)22-16-8-4-3-5-9-16/h10-11,13,15-16H,3-9,12,14H2,1-2H3,(H,22,26). The van der Waals surface area contributed by atoms with E-state index >= 15 is 0 Å². The van der Waals surface area contributed by atoms with Crippen LogP contribution < -0.4 is 10.2 Å². The van der Waals surface area contributed by atoms with Crippen LogP contribution in [0.15, 0.2) is 18.2 Å². The number of likely N-dealkylation sites (tertiary alicyclic amines) is 1. The fourth-order valence-electron chi connectivity index (χ4n) is 4.31. The number of nitro benzene ring substituents is 1. The molecule has 2 fully saturated rings. The molecule has 1 saturated carbocycles. The molecule has 3 rings (SSSR count). The SMILES string of the molecule is CN(C)c1ccc([N+](=O)[O-])cc1C(=O)N1CCCC(C(=O)NC2CCCCC2)C1. The zero-order chi connectivity index (χ0) is 21.0. The first-order chi connectivity index (χ1) is 13.9. The predicted molar refractivity (Wildman–Crippen MR) is 111 cm³/mol. The molecule has 1 atom stereocenters. The molecule has 0 bridgehead atoms. The summed E-state index contributed by atoms with van der Waals surface area (Å²) >= 11 is 0. The number of anilines is 1. The van der Waals surface area contributed by atoms with Crippen LogP contribution >= 0.6 is 0 Å². The number of rotatable bonds is 5. The molecule has 1 heterocycles. The van der Waals surface area contributed by atoms with Gasteiger partial charge in [-0.15, -0.1) is 0 Å². The lowest BCUT2D eigenvalue weighted by Gasteiger charge is -2.34. The van der Waals surface area contributed by atoms with Gasteiger partial charge in [-0.2, -0.15) is 0 Å². The minimum atomic E-state index is -0.493. The molecule has 1 aliphatic carbocycles. The number of carbonyl (C=O) groups is 2. The molecular formula is C21H30N4O4. The number of non-ortho nitro benzene ring substituents is 1. The molecule has 1 N–H and O–H groups in total. The van der Waals surface area contributed by atoms with Crippen molar-refractivity contribution < 1.29 is 14.5 Å². The van der Waals surface area contributed by atoms with Gasteiger partial charge in [0.1, 0.15) is 0 Å². The first-order valence-electron chi connectivity index (χ1n) is 10.4. The van der Waals surface area contributed by atoms with Crippen molar-refractivity contribution in [3.05, 3.63) is 33.9 Å². The number of piperidine rings is 1. The summed E-state index contributed by atoms with van der Waals surface area (Å²) in [4.78, 5) is 40.1. The van der Waals surface area contributed by atoms with Gasteiger partial charge in [-0.3, -0.25) is 19.7 Å². The largest absolute Gasteiger partial charge is 0.377 e. The van der Waals surface area contributed by atoms with Gasteiger partial charge < -0.3 is 15.1 Å². The van der Waals surface area contributed by atoms with Crippen LogP contribution in [0.4, 0.5) is 11.4 Å². The van der Waals surface area contributed by atoms with E-state index in [4.69, 9.17) is 0 Å². The quantitative estimate of drug-likeness (QED) is 0.603. The van der Waals surface area contributed by atoms with Gasteiger partial charge in [0, 0.05) is 51.0 Å². The number of nitrogens with zero attached hydrogens (tertiary/aromatic N) is 3. The van der Waals surface area contributed by atoms with Gasteiger partial charge in [-0.1, -0.05) is 19.3 Å². The average Bonchev–Trinajstić information content (AvgIpc) is 2.73. The van der Waals surface area contributed by atoms with Crippen molar-refractivity contribution in [3.8, 4) is 0 Å². The number of nitro groups is 1. The Morgan fingerprint density at radius 1 is 1.14 bits per heavy atom. The topological polar surface area (TPSA) is 95.8 Å². The number of hydrogen-bond acceptors (Lipinski definition) is 5. The third-order valence-corrected chi connectivity index (χ3v) is 5.93. The number of nitrogens with one attached hydrogen (secondary N) is 1. The van der Waals surface area contributed by atoms with E-state index < -0.39 is 4.92 Å². The molecule has 29 heavy (non-hydrogen) atoms. The maximum absolute atomic E-state index is 13.2. The van der Waals surface area contributed by atoms with Gasteiger partial charge in [0.2, 0.25) is 5.91 Å². The fraction of sp³-hybridized carbons (Fsp3) is 0.619. The molecule has 1 unspecified atom stereocenters. The van der Waals surface area contributed by atoms with Crippen molar-refractivity contribution in [2.75, 3.05) is 32.1 Å². The molecule has 1 saturated heterocycles. The summed E-state index contributed by atoms with van der Waals surface area (Å²) in [7, 11) is 3.60. The van der Waals surface area contributed by atoms with E-state index in [1.165, 1.54) is 18.6 Å². The van der Waals surface area contributed by atoms with Crippen LogP contribution in [-0.4, -0.2) is 54.9 Å². The Kier molecular flexibility index (Phi) is 6.71. The van der Waals surface area contributed by atoms with Gasteiger partial charge in [-0.25, -0.2) is 0 Å². The minimum absolute atomic E-state index is 0.0290. The highest BCUT2D eigenvalue weighted by Gasteiger charge is 2.31. The Bertz CT molecular complexity index is 774. The normalized spacial score (nSPS) is 20.2. The zero-order valence-electron chi connectivity index (χ0n) is 17.2. The Hall–Kier alpha value is -2.64. The van der Waals surface area contributed by atoms with Crippen molar-refractivity contribution in [1.29, 1.82) is 0 Å². The second kappa shape index (κ2) is 9.24. The van der Waals surface area contributed by atoms with Gasteiger partial charge >= 0.3 is 0 Å². The maximum Gasteiger partial charge on any atom is 0.270 e. The van der Waals surface area contributed by atoms with E-state index in [0.717, 1.165) is 38.5 Å². The minimum Gasteiger partial charge on any atom is -0.377 e. The lowest BCUT2D eigenvalue weighted by atomic mass is 9.92. The highest BCUT2D eigenvalue weighted by atomic mass is 16.6. The summed E-state index contributed by atoms with van der Waals surface area (Å²) in [5, 5.41) is 14.3. The summed E-state index contributed by atoms with van der Waals surface area (Å²) in [5.74, 6) is -0.454. The van der Waals surface area contributed by atoms with Crippen molar-refractivity contribution in [3.63, 3.8) is 0 Å². The lowest BCUT2D eigenvalue weighted by Crippen LogP contribution is -2.48. The summed E-state index contributed by atoms with van der Waals surface area (Å²) < 4.78 is 0. The highest BCUT2D eigenvalue weighted by Crippen LogP contribution is 2.28. The molecule has 1 aromatic carbocycles. The van der Waals surface area contributed by atoms with Crippen LogP contribution in [0.1, 0.15) is 55.3 Å². The van der Waals surface area contributed by atoms with E-state index in [-0.39, 0.29) is 29.5 Å². The van der Waals surface area contributed by atoms with E-state index in [9.17, 15) is 19.7 Å². The lowest BCUT2D eigenvalue weighted by molar-refractivity contribution is -0.384. The molecule has 1 aromatic rings. The summed E-state index contributed by atoms with van der Waals surface area (Å²) in [6.45, 7) is 0.911. The Morgan fingerprint density at radius 2 is 1.86 bits per heavy atom. The summed E-state index contributed by atoms with van der Waals surface area (Å²) in [6.07, 6.45) is 7.11. The first kappa shape index (κ1) is 21.1. The maximum atomic E-state index is 13.2. The molecule has 0 radical (unpaired) electrons. The van der Waals surface area contributed by atoms with E-state index in [2.05, 4.69) is 5.32 Å². The average molecular weight is 402 g/mol. The molecular weight excluding hydrogens is 372 g/mol. The number of benzene rings is 1. The van der Waals surface area contributed by atoms with Crippen molar-refractivity contribution in [2.45, 2.75) is 51.0 Å². The summed E-state index contributed by atoms with van der Waals surface area (Å²) in [6, 6.07) is 4.59. The summed E-state index contributed by atoms with van der Waals surface area (Å²) in [5.41, 5.74) is 0.828. The fourth-order valence-corrected chi connectivity index (χ4v) is 4.31. The second-order valence-corrected chi connectivity index (χ2v) is 8.29. The van der Waals surface area contributed by atoms with Crippen LogP contribution in [0.5, 0.6) is 0 Å². The van der Waals surface area contributed by atoms with Crippen LogP contribution in [0.25, 0.3) is 0 Å². The highest BCUT2D eigenvalue weighted by molar-refractivity contribution is 6.00. The molecule has 2 aliphatic rings. The smallest absolute Gasteiger partial charge is 0.270 e. The van der Waals surface area contributed by atoms with E-state index in [1.54, 1.807) is 30.0 Å². The van der Waals surface area contributed by atoms with Gasteiger partial charge in [0.05, 0.1) is 16.4 Å². The molecule has 2 amide bonds. The van der Waals surface area contributed by atoms with Gasteiger partial charge in [0.25, 0.3) is 11.6 Å². The Morgan fingerprint density at radius 3 is 2.52 bits per heavy atom. The number of hydrogen-bond donors (Lipinski definition) is 1. The van der Waals surface area contributed by atoms with Crippen LogP contribution in [-0.2, 0) is 4.79 Å². The second-order valence-electron chi connectivity index (χ2n) is 8.29. The van der Waals surface area contributed by atoms with Crippen molar-refractivity contribution in [1.82, 2.24) is 10.2 Å². The number of amides is 2. The third-order valence-electron chi connectivity index (χ3n) is 5.93. The molecule has 8 nitrogen and oxygen atoms in total. The van der Waals surface area contributed by atoms with Gasteiger partial charge in [0.15, 0.2) is 0 Å². The zero-order valence-corrected chi connectivity index (χ0v) is 17.2. The van der Waals surface area contributed by atoms with E-state index in [1.807, 2.05) is 0 Å². The van der Waals surface area contributed by atoms with Gasteiger partial charge in [-0.05, 0) is 31.7 Å². The van der Waals surface area contributed by atoms with Crippen LogP contribution in [0.2, 0.25) is 0 Å². The monoisotopic (exact) mass is 402 g/mol. The number of carbonyl (C=O) groups excluding carboxylic acids is 2. The molecule has 8 heteroatoms. The predicted octanol–water partition coefficient (Wildman–Crippen LogP) is 2.96. The van der Waals surface area contributed by atoms with Crippen molar-refractivity contribution in [2.24, 2.45) is 5.92 Å². The van der Waals surface area contributed by atoms with E-state index in [0.29, 0.717) is 24.3 Å². The molecule has 0 spiro atoms. The van der Waals surface area contributed by atoms with Crippen LogP contribution in [0, 0.1) is 16.0 Å².